The Morgan fingerprint density at radius 1 is 0.939 bits per heavy atom. The molecule has 168 valence electrons. The SMILES string of the molecule is Cc1c(C(=O)N2CCC(O)(c3ccc(F)cc3)CC2)c2ccccc2n1Cc1ccccc1. The third-order valence-corrected chi connectivity index (χ3v) is 6.89. The summed E-state index contributed by atoms with van der Waals surface area (Å²) in [4.78, 5) is 15.5. The highest BCUT2D eigenvalue weighted by atomic mass is 19.1. The van der Waals surface area contributed by atoms with Gasteiger partial charge in [-0.1, -0.05) is 60.7 Å². The van der Waals surface area contributed by atoms with E-state index in [0.717, 1.165) is 22.2 Å². The summed E-state index contributed by atoms with van der Waals surface area (Å²) in [6, 6.07) is 24.3. The van der Waals surface area contributed by atoms with Gasteiger partial charge in [0.15, 0.2) is 0 Å². The first-order chi connectivity index (χ1) is 16.0. The van der Waals surface area contributed by atoms with Gasteiger partial charge >= 0.3 is 0 Å². The van der Waals surface area contributed by atoms with Crippen molar-refractivity contribution in [2.45, 2.75) is 31.9 Å². The molecule has 2 heterocycles. The zero-order chi connectivity index (χ0) is 23.0. The summed E-state index contributed by atoms with van der Waals surface area (Å²) in [7, 11) is 0. The number of rotatable bonds is 4. The van der Waals surface area contributed by atoms with E-state index in [9.17, 15) is 14.3 Å². The lowest BCUT2D eigenvalue weighted by molar-refractivity contribution is -0.0211. The number of aromatic nitrogens is 1. The van der Waals surface area contributed by atoms with Crippen molar-refractivity contribution in [2.24, 2.45) is 0 Å². The first kappa shape index (κ1) is 21.4. The summed E-state index contributed by atoms with van der Waals surface area (Å²) < 4.78 is 15.5. The van der Waals surface area contributed by atoms with Crippen LogP contribution in [0.15, 0.2) is 78.9 Å². The molecule has 0 radical (unpaired) electrons. The maximum atomic E-state index is 13.7. The molecule has 5 rings (SSSR count). The number of hydrogen-bond acceptors (Lipinski definition) is 2. The lowest BCUT2D eigenvalue weighted by Crippen LogP contribution is -2.45. The Kier molecular flexibility index (Phi) is 5.51. The monoisotopic (exact) mass is 442 g/mol. The molecule has 3 aromatic carbocycles. The fraction of sp³-hybridized carbons (Fsp3) is 0.250. The predicted octanol–water partition coefficient (Wildman–Crippen LogP) is 5.26. The van der Waals surface area contributed by atoms with Crippen LogP contribution in [0.2, 0.25) is 0 Å². The summed E-state index contributed by atoms with van der Waals surface area (Å²) in [6.45, 7) is 3.61. The van der Waals surface area contributed by atoms with E-state index in [2.05, 4.69) is 22.8 Å². The van der Waals surface area contributed by atoms with E-state index in [0.29, 0.717) is 38.0 Å². The average Bonchev–Trinajstić information content (AvgIpc) is 3.11. The van der Waals surface area contributed by atoms with Gasteiger partial charge in [0.25, 0.3) is 5.91 Å². The molecule has 0 unspecified atom stereocenters. The third kappa shape index (κ3) is 3.93. The second-order valence-electron chi connectivity index (χ2n) is 8.88. The maximum absolute atomic E-state index is 13.7. The van der Waals surface area contributed by atoms with Gasteiger partial charge in [-0.25, -0.2) is 4.39 Å². The first-order valence-electron chi connectivity index (χ1n) is 11.4. The number of fused-ring (bicyclic) bond motifs is 1. The van der Waals surface area contributed by atoms with Crippen LogP contribution in [-0.2, 0) is 12.1 Å². The highest BCUT2D eigenvalue weighted by Gasteiger charge is 2.36. The van der Waals surface area contributed by atoms with Crippen molar-refractivity contribution in [1.29, 1.82) is 0 Å². The molecule has 1 fully saturated rings. The van der Waals surface area contributed by atoms with Gasteiger partial charge in [0.05, 0.1) is 11.2 Å². The minimum atomic E-state index is -1.04. The van der Waals surface area contributed by atoms with Gasteiger partial charge in [-0.2, -0.15) is 0 Å². The molecule has 1 aliphatic heterocycles. The summed E-state index contributed by atoms with van der Waals surface area (Å²) in [5.74, 6) is -0.325. The van der Waals surface area contributed by atoms with Crippen molar-refractivity contribution in [3.05, 3.63) is 107 Å². The number of amides is 1. The normalized spacial score (nSPS) is 15.7. The van der Waals surface area contributed by atoms with Crippen LogP contribution in [0.3, 0.4) is 0 Å². The fourth-order valence-electron chi connectivity index (χ4n) is 4.96. The molecule has 1 aromatic heterocycles. The molecular formula is C28H27FN2O2. The number of carbonyl (C=O) groups is 1. The van der Waals surface area contributed by atoms with E-state index in [1.165, 1.54) is 17.7 Å². The Morgan fingerprint density at radius 2 is 1.58 bits per heavy atom. The van der Waals surface area contributed by atoms with Crippen LogP contribution in [0, 0.1) is 12.7 Å². The van der Waals surface area contributed by atoms with Crippen molar-refractivity contribution < 1.29 is 14.3 Å². The van der Waals surface area contributed by atoms with E-state index >= 15 is 0 Å². The molecule has 0 aliphatic carbocycles. The number of halogens is 1. The molecule has 1 aliphatic rings. The number of carbonyl (C=O) groups excluding carboxylic acids is 1. The fourth-order valence-corrected chi connectivity index (χ4v) is 4.96. The zero-order valence-electron chi connectivity index (χ0n) is 18.7. The van der Waals surface area contributed by atoms with Gasteiger partial charge in [-0.15, -0.1) is 0 Å². The third-order valence-electron chi connectivity index (χ3n) is 6.89. The number of likely N-dealkylation sites (tertiary alicyclic amines) is 1. The molecular weight excluding hydrogens is 415 g/mol. The Morgan fingerprint density at radius 3 is 2.27 bits per heavy atom. The Labute approximate surface area is 192 Å². The largest absolute Gasteiger partial charge is 0.385 e. The highest BCUT2D eigenvalue weighted by Crippen LogP contribution is 2.35. The second-order valence-corrected chi connectivity index (χ2v) is 8.88. The number of nitrogens with zero attached hydrogens (tertiary/aromatic N) is 2. The van der Waals surface area contributed by atoms with E-state index in [1.54, 1.807) is 12.1 Å². The number of benzene rings is 3. The molecule has 1 saturated heterocycles. The highest BCUT2D eigenvalue weighted by molar-refractivity contribution is 6.08. The smallest absolute Gasteiger partial charge is 0.256 e. The van der Waals surface area contributed by atoms with E-state index in [4.69, 9.17) is 0 Å². The Hall–Kier alpha value is -3.44. The topological polar surface area (TPSA) is 45.5 Å². The summed E-state index contributed by atoms with van der Waals surface area (Å²) in [5, 5.41) is 12.1. The lowest BCUT2D eigenvalue weighted by atomic mass is 9.84. The van der Waals surface area contributed by atoms with Crippen molar-refractivity contribution >= 4 is 16.8 Å². The maximum Gasteiger partial charge on any atom is 0.256 e. The van der Waals surface area contributed by atoms with Crippen LogP contribution in [0.5, 0.6) is 0 Å². The van der Waals surface area contributed by atoms with Gasteiger partial charge in [-0.05, 0) is 49.1 Å². The molecule has 0 bridgehead atoms. The van der Waals surface area contributed by atoms with Gasteiger partial charge in [0.2, 0.25) is 0 Å². The van der Waals surface area contributed by atoms with E-state index < -0.39 is 5.60 Å². The van der Waals surface area contributed by atoms with Crippen LogP contribution >= 0.6 is 0 Å². The van der Waals surface area contributed by atoms with Gasteiger partial charge in [-0.3, -0.25) is 4.79 Å². The molecule has 0 spiro atoms. The van der Waals surface area contributed by atoms with Crippen LogP contribution < -0.4 is 0 Å². The molecule has 0 atom stereocenters. The van der Waals surface area contributed by atoms with Crippen molar-refractivity contribution in [1.82, 2.24) is 9.47 Å². The second kappa shape index (κ2) is 8.49. The van der Waals surface area contributed by atoms with Crippen molar-refractivity contribution in [3.8, 4) is 0 Å². The average molecular weight is 443 g/mol. The minimum absolute atomic E-state index is 0.00309. The molecule has 0 saturated carbocycles. The predicted molar refractivity (Wildman–Crippen MR) is 128 cm³/mol. The molecule has 1 N–H and O–H groups in total. The van der Waals surface area contributed by atoms with Crippen LogP contribution in [0.1, 0.15) is 40.0 Å². The zero-order valence-corrected chi connectivity index (χ0v) is 18.7. The van der Waals surface area contributed by atoms with Gasteiger partial charge in [0, 0.05) is 36.2 Å². The lowest BCUT2D eigenvalue weighted by Gasteiger charge is -2.38. The number of piperidine rings is 1. The Balaban J connectivity index is 1.42. The molecule has 5 heteroatoms. The molecule has 1 amide bonds. The standard InChI is InChI=1S/C28H27FN2O2/c1-20-26(24-9-5-6-10-25(24)31(20)19-21-7-3-2-4-8-21)27(32)30-17-15-28(33,16-18-30)22-11-13-23(29)14-12-22/h2-14,33H,15-19H2,1H3. The summed E-state index contributed by atoms with van der Waals surface area (Å²) >= 11 is 0. The van der Waals surface area contributed by atoms with Gasteiger partial charge < -0.3 is 14.6 Å². The number of hydrogen-bond donors (Lipinski definition) is 1. The molecule has 4 nitrogen and oxygen atoms in total. The Bertz CT molecular complexity index is 1290. The van der Waals surface area contributed by atoms with Crippen molar-refractivity contribution in [3.63, 3.8) is 0 Å². The van der Waals surface area contributed by atoms with Gasteiger partial charge in [0.1, 0.15) is 5.82 Å². The first-order valence-corrected chi connectivity index (χ1v) is 11.4. The van der Waals surface area contributed by atoms with Crippen LogP contribution in [-0.4, -0.2) is 33.6 Å². The number of aliphatic hydroxyl groups is 1. The quantitative estimate of drug-likeness (QED) is 0.469. The molecule has 4 aromatic rings. The summed E-state index contributed by atoms with van der Waals surface area (Å²) in [6.07, 6.45) is 0.845. The minimum Gasteiger partial charge on any atom is -0.385 e. The molecule has 33 heavy (non-hydrogen) atoms. The van der Waals surface area contributed by atoms with Crippen LogP contribution in [0.4, 0.5) is 4.39 Å². The number of para-hydroxylation sites is 1. The van der Waals surface area contributed by atoms with Crippen molar-refractivity contribution in [2.75, 3.05) is 13.1 Å². The summed E-state index contributed by atoms with van der Waals surface area (Å²) in [5.41, 5.74) is 3.57. The van der Waals surface area contributed by atoms with E-state index in [1.807, 2.05) is 48.2 Å². The van der Waals surface area contributed by atoms with Crippen LogP contribution in [0.25, 0.3) is 10.9 Å². The van der Waals surface area contributed by atoms with E-state index in [-0.39, 0.29) is 11.7 Å².